The van der Waals surface area contributed by atoms with Crippen molar-refractivity contribution in [3.8, 4) is 0 Å². The highest BCUT2D eigenvalue weighted by molar-refractivity contribution is 5.88. The van der Waals surface area contributed by atoms with E-state index < -0.39 is 36.5 Å². The number of hydrogen-bond donors (Lipinski definition) is 5. The molecular weight excluding hydrogens is 568 g/mol. The van der Waals surface area contributed by atoms with Crippen molar-refractivity contribution < 1.29 is 34.4 Å². The van der Waals surface area contributed by atoms with Crippen LogP contribution in [0.2, 0.25) is 0 Å². The van der Waals surface area contributed by atoms with Crippen molar-refractivity contribution in [2.75, 3.05) is 19.6 Å². The number of rotatable bonds is 20. The SMILES string of the molecule is CC/C=C\C/C=C\C/C=C\C/C=C\C/C=C\CCCC(=O)NCCN(C[C@H]1O[C@@H](n2cnc(C(N)=O)n2)[C@H](O)[C@@H]1O)C(=O)O. The molecule has 0 bridgehead atoms. The molecule has 44 heavy (non-hydrogen) atoms. The van der Waals surface area contributed by atoms with Gasteiger partial charge >= 0.3 is 6.09 Å². The van der Waals surface area contributed by atoms with Crippen molar-refractivity contribution in [1.82, 2.24) is 25.0 Å². The fraction of sp³-hybridized carbons (Fsp3) is 0.516. The number of nitrogens with one attached hydrogen (secondary N) is 1. The van der Waals surface area contributed by atoms with Crippen molar-refractivity contribution in [3.05, 3.63) is 72.9 Å². The lowest BCUT2D eigenvalue weighted by Crippen LogP contribution is -2.45. The van der Waals surface area contributed by atoms with Gasteiger partial charge in [-0.05, 0) is 44.9 Å². The maximum absolute atomic E-state index is 12.2. The Kier molecular flexibility index (Phi) is 17.1. The Bertz CT molecular complexity index is 1180. The first kappa shape index (κ1) is 36.1. The van der Waals surface area contributed by atoms with E-state index in [1.807, 2.05) is 6.08 Å². The van der Waals surface area contributed by atoms with Crippen LogP contribution in [0.15, 0.2) is 67.1 Å². The van der Waals surface area contributed by atoms with Crippen LogP contribution in [0.3, 0.4) is 0 Å². The number of aromatic nitrogens is 3. The second-order valence-corrected chi connectivity index (χ2v) is 10.1. The molecule has 0 unspecified atom stereocenters. The Balaban J connectivity index is 1.59. The van der Waals surface area contributed by atoms with Gasteiger partial charge in [0.1, 0.15) is 24.6 Å². The number of aliphatic hydroxyl groups is 2. The predicted octanol–water partition coefficient (Wildman–Crippen LogP) is 3.01. The molecule has 0 aliphatic carbocycles. The molecule has 0 aromatic carbocycles. The molecule has 6 N–H and O–H groups in total. The summed E-state index contributed by atoms with van der Waals surface area (Å²) < 4.78 is 6.66. The van der Waals surface area contributed by atoms with Gasteiger partial charge in [-0.15, -0.1) is 5.10 Å². The fourth-order valence-electron chi connectivity index (χ4n) is 4.26. The van der Waals surface area contributed by atoms with Gasteiger partial charge in [0.2, 0.25) is 11.7 Å². The summed E-state index contributed by atoms with van der Waals surface area (Å²) in [6, 6.07) is 0. The van der Waals surface area contributed by atoms with Crippen LogP contribution in [0, 0.1) is 0 Å². The van der Waals surface area contributed by atoms with Crippen LogP contribution < -0.4 is 11.1 Å². The van der Waals surface area contributed by atoms with Crippen molar-refractivity contribution in [2.45, 2.75) is 82.8 Å². The minimum absolute atomic E-state index is 0.0433. The van der Waals surface area contributed by atoms with E-state index in [0.717, 1.165) is 54.4 Å². The van der Waals surface area contributed by atoms with Gasteiger partial charge in [-0.3, -0.25) is 9.59 Å². The highest BCUT2D eigenvalue weighted by atomic mass is 16.6. The zero-order valence-corrected chi connectivity index (χ0v) is 25.3. The number of hydrogen-bond acceptors (Lipinski definition) is 8. The van der Waals surface area contributed by atoms with Gasteiger partial charge in [-0.25, -0.2) is 14.5 Å². The second kappa shape index (κ2) is 20.8. The summed E-state index contributed by atoms with van der Waals surface area (Å²) >= 11 is 0. The third-order valence-corrected chi connectivity index (χ3v) is 6.63. The number of nitrogens with zero attached hydrogens (tertiary/aromatic N) is 4. The number of ether oxygens (including phenoxy) is 1. The van der Waals surface area contributed by atoms with Crippen LogP contribution in [-0.2, 0) is 9.53 Å². The molecule has 2 rings (SSSR count). The van der Waals surface area contributed by atoms with Gasteiger partial charge in [-0.1, -0.05) is 67.7 Å². The van der Waals surface area contributed by atoms with Gasteiger partial charge < -0.3 is 36.0 Å². The molecule has 1 aromatic rings. The molecule has 13 nitrogen and oxygen atoms in total. The number of amides is 3. The normalized spacial score (nSPS) is 20.6. The smallest absolute Gasteiger partial charge is 0.407 e. The average molecular weight is 615 g/mol. The number of carbonyl (C=O) groups excluding carboxylic acids is 2. The number of aliphatic hydroxyl groups excluding tert-OH is 2. The van der Waals surface area contributed by atoms with Crippen molar-refractivity contribution in [2.24, 2.45) is 5.73 Å². The first-order chi connectivity index (χ1) is 21.2. The quantitative estimate of drug-likeness (QED) is 0.108. The van der Waals surface area contributed by atoms with Crippen molar-refractivity contribution in [1.29, 1.82) is 0 Å². The zero-order chi connectivity index (χ0) is 32.2. The molecule has 1 saturated heterocycles. The number of unbranched alkanes of at least 4 members (excludes halogenated alkanes) is 1. The summed E-state index contributed by atoms with van der Waals surface area (Å²) in [4.78, 5) is 39.8. The lowest BCUT2D eigenvalue weighted by atomic mass is 10.1. The van der Waals surface area contributed by atoms with E-state index in [1.54, 1.807) is 0 Å². The fourth-order valence-corrected chi connectivity index (χ4v) is 4.26. The van der Waals surface area contributed by atoms with Gasteiger partial charge in [0, 0.05) is 19.5 Å². The van der Waals surface area contributed by atoms with Crippen LogP contribution in [0.1, 0.15) is 75.1 Å². The maximum Gasteiger partial charge on any atom is 0.407 e. The number of allylic oxidation sites excluding steroid dienone is 10. The summed E-state index contributed by atoms with van der Waals surface area (Å²) in [5, 5.41) is 36.8. The summed E-state index contributed by atoms with van der Waals surface area (Å²) in [6.45, 7) is 1.90. The Morgan fingerprint density at radius 3 is 2.11 bits per heavy atom. The molecule has 1 aliphatic rings. The highest BCUT2D eigenvalue weighted by Gasteiger charge is 2.45. The monoisotopic (exact) mass is 614 g/mol. The second-order valence-electron chi connectivity index (χ2n) is 10.1. The first-order valence-corrected chi connectivity index (χ1v) is 15.0. The molecule has 2 heterocycles. The topological polar surface area (TPSA) is 193 Å². The summed E-state index contributed by atoms with van der Waals surface area (Å²) in [5.74, 6) is -1.35. The molecule has 1 aromatic heterocycles. The van der Waals surface area contributed by atoms with E-state index in [1.165, 1.54) is 0 Å². The summed E-state index contributed by atoms with van der Waals surface area (Å²) in [7, 11) is 0. The molecule has 3 amide bonds. The van der Waals surface area contributed by atoms with Gasteiger partial charge in [-0.2, -0.15) is 0 Å². The van der Waals surface area contributed by atoms with Crippen LogP contribution in [-0.4, -0.2) is 90.8 Å². The van der Waals surface area contributed by atoms with E-state index in [0.29, 0.717) is 12.8 Å². The Morgan fingerprint density at radius 1 is 0.977 bits per heavy atom. The minimum atomic E-state index is -1.44. The third kappa shape index (κ3) is 13.5. The molecule has 0 spiro atoms. The van der Waals surface area contributed by atoms with Gasteiger partial charge in [0.05, 0.1) is 6.54 Å². The molecule has 242 valence electrons. The molecular formula is C31H46N6O7. The van der Waals surface area contributed by atoms with E-state index >= 15 is 0 Å². The summed E-state index contributed by atoms with van der Waals surface area (Å²) in [6.07, 6.45) is 22.5. The Morgan fingerprint density at radius 2 is 1.57 bits per heavy atom. The first-order valence-electron chi connectivity index (χ1n) is 15.0. The van der Waals surface area contributed by atoms with E-state index in [-0.39, 0.29) is 31.4 Å². The van der Waals surface area contributed by atoms with Crippen LogP contribution >= 0.6 is 0 Å². The number of nitrogens with two attached hydrogens (primary N) is 1. The molecule has 13 heteroatoms. The Hall–Kier alpha value is -4.07. The van der Waals surface area contributed by atoms with Crippen molar-refractivity contribution >= 4 is 17.9 Å². The highest BCUT2D eigenvalue weighted by Crippen LogP contribution is 2.29. The van der Waals surface area contributed by atoms with E-state index in [4.69, 9.17) is 10.5 Å². The number of carbonyl (C=O) groups is 3. The number of primary amides is 1. The number of carboxylic acid groups (broad SMARTS) is 1. The van der Waals surface area contributed by atoms with Gasteiger partial charge in [0.15, 0.2) is 6.23 Å². The average Bonchev–Trinajstić information content (AvgIpc) is 3.59. The summed E-state index contributed by atoms with van der Waals surface area (Å²) in [5.41, 5.74) is 5.13. The minimum Gasteiger partial charge on any atom is -0.465 e. The van der Waals surface area contributed by atoms with Crippen molar-refractivity contribution in [3.63, 3.8) is 0 Å². The predicted molar refractivity (Wildman–Crippen MR) is 165 cm³/mol. The molecule has 4 atom stereocenters. The lowest BCUT2D eigenvalue weighted by Gasteiger charge is -2.24. The lowest BCUT2D eigenvalue weighted by molar-refractivity contribution is -0.121. The van der Waals surface area contributed by atoms with Crippen LogP contribution in [0.25, 0.3) is 0 Å². The van der Waals surface area contributed by atoms with Crippen LogP contribution in [0.5, 0.6) is 0 Å². The Labute approximate surface area is 258 Å². The molecule has 1 aliphatic heterocycles. The maximum atomic E-state index is 12.2. The molecule has 0 saturated carbocycles. The van der Waals surface area contributed by atoms with Crippen LogP contribution in [0.4, 0.5) is 4.79 Å². The largest absolute Gasteiger partial charge is 0.465 e. The standard InChI is InChI=1S/C31H46N6O7/c1-2-3-4-5-6-7-8-9-10-11-12-13-14-15-16-17-18-19-25(38)33-20-21-36(31(42)43)22-24-26(39)27(40)30(44-24)37-23-34-29(35-37)28(32)41/h3-4,6-7,9-10,12-13,15-16,23-24,26-27,30,39-40H,2,5,8,11,14,17-22H2,1H3,(H2,32,41)(H,33,38)(H,42,43)/b4-3-,7-6-,10-9-,13-12-,16-15-/t24-,26-,27-,30-/m1/s1. The zero-order valence-electron chi connectivity index (χ0n) is 25.3. The molecule has 0 radical (unpaired) electrons. The molecule has 1 fully saturated rings. The van der Waals surface area contributed by atoms with Gasteiger partial charge in [0.25, 0.3) is 5.91 Å². The van der Waals surface area contributed by atoms with E-state index in [2.05, 4.69) is 77.0 Å². The third-order valence-electron chi connectivity index (χ3n) is 6.63. The van der Waals surface area contributed by atoms with E-state index in [9.17, 15) is 29.7 Å².